The van der Waals surface area contributed by atoms with Gasteiger partial charge in [0.05, 0.1) is 36.2 Å². The van der Waals surface area contributed by atoms with Gasteiger partial charge in [0.2, 0.25) is 11.3 Å². The highest BCUT2D eigenvalue weighted by atomic mass is 32.1. The van der Waals surface area contributed by atoms with Gasteiger partial charge in [-0.25, -0.2) is 9.78 Å². The van der Waals surface area contributed by atoms with Gasteiger partial charge >= 0.3 is 11.9 Å². The monoisotopic (exact) mass is 561 g/mol. The Kier molecular flexibility index (Phi) is 7.47. The first kappa shape index (κ1) is 26.9. The molecule has 1 aliphatic heterocycles. The van der Waals surface area contributed by atoms with Crippen molar-refractivity contribution in [3.8, 4) is 16.5 Å². The van der Waals surface area contributed by atoms with E-state index in [4.69, 9.17) is 18.6 Å². The van der Waals surface area contributed by atoms with Crippen molar-refractivity contribution in [1.82, 2.24) is 14.8 Å². The Hall–Kier alpha value is -3.68. The van der Waals surface area contributed by atoms with Crippen LogP contribution in [-0.4, -0.2) is 52.3 Å². The third kappa shape index (κ3) is 5.04. The number of benzene rings is 1. The molecule has 0 aliphatic carbocycles. The molecule has 1 aliphatic rings. The molecule has 5 rings (SSSR count). The van der Waals surface area contributed by atoms with Crippen LogP contribution >= 0.6 is 11.3 Å². The number of para-hydroxylation sites is 1. The van der Waals surface area contributed by atoms with Crippen LogP contribution in [0.3, 0.4) is 0 Å². The number of aromatic nitrogens is 3. The standard InChI is InChI=1S/C26H25F2N3O7S/c1-14-19-20(32)22(26(27,28)25(33)34)30-31(24(19)39-21(14)23-29-9-12-37-23)13-18(38-15-7-10-36-11-8-15)16-5-3-4-6-17(16)35-2/h3-6,9,12,15,18H,7-8,10-11,13H2,1-2H3,(H,33,34). The fourth-order valence-electron chi connectivity index (χ4n) is 4.60. The van der Waals surface area contributed by atoms with Gasteiger partial charge in [-0.05, 0) is 31.4 Å². The molecule has 1 fully saturated rings. The number of aliphatic carboxylic acids is 1. The number of ether oxygens (including phenoxy) is 3. The van der Waals surface area contributed by atoms with Gasteiger partial charge < -0.3 is 23.7 Å². The van der Waals surface area contributed by atoms with Crippen LogP contribution in [0.25, 0.3) is 21.0 Å². The van der Waals surface area contributed by atoms with E-state index in [1.54, 1.807) is 31.2 Å². The Morgan fingerprint density at radius 1 is 1.31 bits per heavy atom. The van der Waals surface area contributed by atoms with Gasteiger partial charge in [0, 0.05) is 18.8 Å². The van der Waals surface area contributed by atoms with E-state index in [0.717, 1.165) is 11.3 Å². The number of hydrogen-bond acceptors (Lipinski definition) is 9. The lowest BCUT2D eigenvalue weighted by Gasteiger charge is -2.29. The predicted molar refractivity (Wildman–Crippen MR) is 136 cm³/mol. The summed E-state index contributed by atoms with van der Waals surface area (Å²) in [7, 11) is 1.51. The summed E-state index contributed by atoms with van der Waals surface area (Å²) in [5.74, 6) is -6.28. The van der Waals surface area contributed by atoms with Crippen molar-refractivity contribution in [3.63, 3.8) is 0 Å². The van der Waals surface area contributed by atoms with Crippen molar-refractivity contribution in [2.45, 2.75) is 44.4 Å². The first-order valence-corrected chi connectivity index (χ1v) is 13.0. The number of hydrogen-bond donors (Lipinski definition) is 1. The third-order valence-electron chi connectivity index (χ3n) is 6.57. The number of carbonyl (C=O) groups is 1. The van der Waals surface area contributed by atoms with Gasteiger partial charge in [0.25, 0.3) is 0 Å². The molecule has 13 heteroatoms. The van der Waals surface area contributed by atoms with Gasteiger partial charge in [-0.3, -0.25) is 9.48 Å². The molecule has 3 aromatic heterocycles. The molecule has 1 atom stereocenters. The first-order chi connectivity index (χ1) is 18.7. The number of nitrogens with zero attached hydrogens (tertiary/aromatic N) is 3. The maximum Gasteiger partial charge on any atom is 0.389 e. The molecule has 0 saturated carbocycles. The van der Waals surface area contributed by atoms with Crippen LogP contribution in [-0.2, 0) is 26.7 Å². The topological polar surface area (TPSA) is 126 Å². The largest absolute Gasteiger partial charge is 0.496 e. The van der Waals surface area contributed by atoms with Gasteiger partial charge in [-0.2, -0.15) is 13.9 Å². The summed E-state index contributed by atoms with van der Waals surface area (Å²) >= 11 is 1.09. The van der Waals surface area contributed by atoms with Gasteiger partial charge in [0.15, 0.2) is 5.69 Å². The quantitative estimate of drug-likeness (QED) is 0.313. The zero-order valence-corrected chi connectivity index (χ0v) is 21.9. The Balaban J connectivity index is 1.70. The number of oxazole rings is 1. The molecule has 39 heavy (non-hydrogen) atoms. The van der Waals surface area contributed by atoms with Gasteiger partial charge in [-0.15, -0.1) is 11.3 Å². The molecule has 0 spiro atoms. The third-order valence-corrected chi connectivity index (χ3v) is 7.86. The molecular weight excluding hydrogens is 536 g/mol. The number of carboxylic acids is 1. The maximum atomic E-state index is 14.8. The van der Waals surface area contributed by atoms with Crippen molar-refractivity contribution in [2.75, 3.05) is 20.3 Å². The van der Waals surface area contributed by atoms with E-state index in [-0.39, 0.29) is 28.8 Å². The molecule has 0 radical (unpaired) electrons. The van der Waals surface area contributed by atoms with Crippen LogP contribution in [0.2, 0.25) is 0 Å². The summed E-state index contributed by atoms with van der Waals surface area (Å²) < 4.78 is 53.7. The normalized spacial score (nSPS) is 15.5. The Morgan fingerprint density at radius 3 is 2.72 bits per heavy atom. The highest BCUT2D eigenvalue weighted by Crippen LogP contribution is 2.39. The average Bonchev–Trinajstić information content (AvgIpc) is 3.58. The van der Waals surface area contributed by atoms with Gasteiger partial charge in [0.1, 0.15) is 22.9 Å². The van der Waals surface area contributed by atoms with Crippen LogP contribution < -0.4 is 10.2 Å². The van der Waals surface area contributed by atoms with E-state index in [9.17, 15) is 23.5 Å². The minimum atomic E-state index is -4.52. The summed E-state index contributed by atoms with van der Waals surface area (Å²) in [4.78, 5) is 29.6. The zero-order valence-electron chi connectivity index (χ0n) is 21.1. The second-order valence-corrected chi connectivity index (χ2v) is 9.99. The number of halogens is 2. The van der Waals surface area contributed by atoms with Crippen molar-refractivity contribution in [2.24, 2.45) is 0 Å². The van der Waals surface area contributed by atoms with Crippen molar-refractivity contribution >= 4 is 27.5 Å². The number of rotatable bonds is 9. The maximum absolute atomic E-state index is 14.8. The van der Waals surface area contributed by atoms with E-state index in [2.05, 4.69) is 10.1 Å². The molecule has 206 valence electrons. The molecule has 10 nitrogen and oxygen atoms in total. The minimum Gasteiger partial charge on any atom is -0.496 e. The molecule has 0 amide bonds. The van der Waals surface area contributed by atoms with Crippen molar-refractivity contribution < 1.29 is 37.3 Å². The fraction of sp³-hybridized carbons (Fsp3) is 0.385. The Bertz CT molecular complexity index is 1550. The lowest BCUT2D eigenvalue weighted by atomic mass is 10.1. The number of thiophene rings is 1. The minimum absolute atomic E-state index is 0.0797. The first-order valence-electron chi connectivity index (χ1n) is 12.1. The summed E-state index contributed by atoms with van der Waals surface area (Å²) in [5.41, 5.74) is -1.57. The number of methoxy groups -OCH3 is 1. The number of alkyl halides is 2. The number of aryl methyl sites for hydroxylation is 1. The number of fused-ring (bicyclic) bond motifs is 1. The van der Waals surface area contributed by atoms with E-state index in [1.165, 1.54) is 24.3 Å². The summed E-state index contributed by atoms with van der Waals surface area (Å²) in [5, 5.41) is 13.1. The summed E-state index contributed by atoms with van der Waals surface area (Å²) in [6.45, 7) is 2.50. The van der Waals surface area contributed by atoms with Crippen LogP contribution in [0.5, 0.6) is 5.75 Å². The molecule has 1 aromatic carbocycles. The second kappa shape index (κ2) is 10.8. The van der Waals surface area contributed by atoms with Crippen LogP contribution in [0, 0.1) is 6.92 Å². The van der Waals surface area contributed by atoms with Crippen LogP contribution in [0.15, 0.2) is 45.9 Å². The summed E-state index contributed by atoms with van der Waals surface area (Å²) in [6.07, 6.45) is 3.12. The molecule has 1 saturated heterocycles. The number of carboxylic acid groups (broad SMARTS) is 1. The van der Waals surface area contributed by atoms with E-state index in [0.29, 0.717) is 47.8 Å². The van der Waals surface area contributed by atoms with E-state index >= 15 is 0 Å². The van der Waals surface area contributed by atoms with Gasteiger partial charge in [-0.1, -0.05) is 18.2 Å². The van der Waals surface area contributed by atoms with Crippen LogP contribution in [0.4, 0.5) is 8.78 Å². The molecular formula is C26H25F2N3O7S. The Morgan fingerprint density at radius 2 is 2.05 bits per heavy atom. The molecule has 4 aromatic rings. The fourth-order valence-corrected chi connectivity index (χ4v) is 5.80. The van der Waals surface area contributed by atoms with Crippen LogP contribution in [0.1, 0.15) is 35.8 Å². The lowest BCUT2D eigenvalue weighted by molar-refractivity contribution is -0.167. The smallest absolute Gasteiger partial charge is 0.389 e. The highest BCUT2D eigenvalue weighted by Gasteiger charge is 2.46. The molecule has 0 bridgehead atoms. The lowest BCUT2D eigenvalue weighted by Crippen LogP contribution is -2.35. The predicted octanol–water partition coefficient (Wildman–Crippen LogP) is 4.54. The SMILES string of the molecule is COc1ccccc1C(Cn1nc(C(F)(F)C(=O)O)c(=O)c2c(C)c(-c3ncco3)sc21)OC1CCOCC1. The summed E-state index contributed by atoms with van der Waals surface area (Å²) in [6, 6.07) is 7.14. The molecule has 4 heterocycles. The molecule has 1 N–H and O–H groups in total. The average molecular weight is 562 g/mol. The van der Waals surface area contributed by atoms with Crippen molar-refractivity contribution in [3.05, 3.63) is 63.8 Å². The second-order valence-electron chi connectivity index (χ2n) is 8.99. The van der Waals surface area contributed by atoms with Crippen molar-refractivity contribution in [1.29, 1.82) is 0 Å². The highest BCUT2D eigenvalue weighted by molar-refractivity contribution is 7.22. The molecule has 1 unspecified atom stereocenters. The van der Waals surface area contributed by atoms with E-state index in [1.807, 2.05) is 0 Å². The Labute approximate surface area is 224 Å². The zero-order chi connectivity index (χ0) is 27.7. The van der Waals surface area contributed by atoms with E-state index < -0.39 is 29.1 Å².